The molecule has 1 fully saturated rings. The number of aryl methyl sites for hydroxylation is 1. The summed E-state index contributed by atoms with van der Waals surface area (Å²) in [6.07, 6.45) is 0.713. The van der Waals surface area contributed by atoms with Gasteiger partial charge >= 0.3 is 0 Å². The van der Waals surface area contributed by atoms with Gasteiger partial charge in [0.25, 0.3) is 11.7 Å². The summed E-state index contributed by atoms with van der Waals surface area (Å²) in [6.45, 7) is 13.9. The molecule has 194 valence electrons. The lowest BCUT2D eigenvalue weighted by molar-refractivity contribution is -0.140. The number of Topliss-reactive ketones (excluding diaryl/α,β-unsaturated/α-hetero) is 1. The van der Waals surface area contributed by atoms with Crippen molar-refractivity contribution in [3.8, 4) is 11.5 Å². The highest BCUT2D eigenvalue weighted by atomic mass is 16.5. The number of amides is 1. The van der Waals surface area contributed by atoms with Gasteiger partial charge in [-0.15, -0.1) is 0 Å². The number of rotatable bonds is 12. The summed E-state index contributed by atoms with van der Waals surface area (Å²) in [7, 11) is 0. The van der Waals surface area contributed by atoms with Crippen molar-refractivity contribution < 1.29 is 24.2 Å². The highest BCUT2D eigenvalue weighted by Gasteiger charge is 2.46. The van der Waals surface area contributed by atoms with Gasteiger partial charge in [-0.2, -0.15) is 0 Å². The zero-order chi connectivity index (χ0) is 26.2. The predicted octanol–water partition coefficient (Wildman–Crippen LogP) is 4.95. The van der Waals surface area contributed by atoms with Crippen LogP contribution in [0, 0.1) is 6.92 Å². The first-order valence-corrected chi connectivity index (χ1v) is 12.8. The van der Waals surface area contributed by atoms with Crippen LogP contribution in [0.25, 0.3) is 5.76 Å². The number of ether oxygens (including phenoxy) is 2. The Kier molecular flexibility index (Phi) is 9.53. The van der Waals surface area contributed by atoms with Crippen molar-refractivity contribution in [2.45, 2.75) is 47.1 Å². The fourth-order valence-electron chi connectivity index (χ4n) is 4.57. The van der Waals surface area contributed by atoms with Gasteiger partial charge in [0.1, 0.15) is 5.76 Å². The third kappa shape index (κ3) is 5.90. The summed E-state index contributed by atoms with van der Waals surface area (Å²) >= 11 is 0. The van der Waals surface area contributed by atoms with Crippen LogP contribution in [0.5, 0.6) is 11.5 Å². The minimum absolute atomic E-state index is 0.0956. The second-order valence-electron chi connectivity index (χ2n) is 8.81. The van der Waals surface area contributed by atoms with Crippen LogP contribution in [-0.4, -0.2) is 66.0 Å². The fraction of sp³-hybridized carbons (Fsp3) is 0.448. The Hall–Kier alpha value is -3.32. The molecule has 0 bridgehead atoms. The van der Waals surface area contributed by atoms with Crippen LogP contribution < -0.4 is 9.47 Å². The van der Waals surface area contributed by atoms with E-state index in [0.717, 1.165) is 25.2 Å². The van der Waals surface area contributed by atoms with Crippen molar-refractivity contribution in [3.63, 3.8) is 0 Å². The zero-order valence-corrected chi connectivity index (χ0v) is 22.0. The molecule has 1 atom stereocenters. The van der Waals surface area contributed by atoms with Crippen molar-refractivity contribution in [1.82, 2.24) is 9.80 Å². The van der Waals surface area contributed by atoms with Crippen molar-refractivity contribution in [2.75, 3.05) is 39.4 Å². The van der Waals surface area contributed by atoms with Gasteiger partial charge in [0.05, 0.1) is 24.8 Å². The van der Waals surface area contributed by atoms with E-state index in [4.69, 9.17) is 9.47 Å². The van der Waals surface area contributed by atoms with Gasteiger partial charge in [-0.1, -0.05) is 49.7 Å². The largest absolute Gasteiger partial charge is 0.507 e. The highest BCUT2D eigenvalue weighted by Crippen LogP contribution is 2.42. The first-order chi connectivity index (χ1) is 17.4. The minimum atomic E-state index is -0.724. The molecule has 1 saturated heterocycles. The lowest BCUT2D eigenvalue weighted by Crippen LogP contribution is -2.33. The number of carbonyl (C=O) groups is 2. The number of aliphatic hydroxyl groups excluding tert-OH is 1. The molecule has 0 unspecified atom stereocenters. The van der Waals surface area contributed by atoms with Crippen LogP contribution in [0.3, 0.4) is 0 Å². The molecule has 1 heterocycles. The Morgan fingerprint density at radius 1 is 0.944 bits per heavy atom. The van der Waals surface area contributed by atoms with E-state index in [0.29, 0.717) is 48.8 Å². The van der Waals surface area contributed by atoms with Crippen LogP contribution in [0.15, 0.2) is 48.0 Å². The Labute approximate surface area is 214 Å². The first kappa shape index (κ1) is 27.3. The second kappa shape index (κ2) is 12.6. The predicted molar refractivity (Wildman–Crippen MR) is 141 cm³/mol. The summed E-state index contributed by atoms with van der Waals surface area (Å²) in [5.41, 5.74) is 2.33. The van der Waals surface area contributed by atoms with Crippen molar-refractivity contribution in [3.05, 3.63) is 64.7 Å². The van der Waals surface area contributed by atoms with Crippen LogP contribution in [0.1, 0.15) is 56.8 Å². The lowest BCUT2D eigenvalue weighted by Gasteiger charge is -2.27. The van der Waals surface area contributed by atoms with E-state index in [1.807, 2.05) is 45.0 Å². The SMILES string of the molecule is CCOc1ccc([C@H]2/C(=C(\O)c3ccc(C)cc3)C(=O)C(=O)N2CCCN(CC)CC)cc1OCC. The quantitative estimate of drug-likeness (QED) is 0.256. The molecule has 0 saturated carbocycles. The Balaban J connectivity index is 2.09. The van der Waals surface area contributed by atoms with Crippen LogP contribution in [0.2, 0.25) is 0 Å². The number of nitrogens with zero attached hydrogens (tertiary/aromatic N) is 2. The standard InChI is InChI=1S/C29H38N2O5/c1-6-30(7-2)17-10-18-31-26(22-15-16-23(35-8-3)24(19-22)36-9-4)25(28(33)29(31)34)27(32)21-13-11-20(5)12-14-21/h11-16,19,26,32H,6-10,17-18H2,1-5H3/b27-25+/t26-/m0/s1. The maximum Gasteiger partial charge on any atom is 0.295 e. The monoisotopic (exact) mass is 494 g/mol. The van der Waals surface area contributed by atoms with Gasteiger partial charge in [-0.3, -0.25) is 9.59 Å². The van der Waals surface area contributed by atoms with Crippen LogP contribution >= 0.6 is 0 Å². The number of likely N-dealkylation sites (tertiary alicyclic amines) is 1. The van der Waals surface area contributed by atoms with Crippen LogP contribution in [0.4, 0.5) is 0 Å². The number of aliphatic hydroxyl groups is 1. The molecular weight excluding hydrogens is 456 g/mol. The van der Waals surface area contributed by atoms with Gasteiger partial charge in [0.15, 0.2) is 11.5 Å². The minimum Gasteiger partial charge on any atom is -0.507 e. The van der Waals surface area contributed by atoms with Gasteiger partial charge in [-0.05, 0) is 64.5 Å². The van der Waals surface area contributed by atoms with Crippen molar-refractivity contribution >= 4 is 17.4 Å². The van der Waals surface area contributed by atoms with E-state index in [2.05, 4.69) is 18.7 Å². The molecule has 0 aliphatic carbocycles. The van der Waals surface area contributed by atoms with Gasteiger partial charge in [0, 0.05) is 12.1 Å². The molecule has 7 nitrogen and oxygen atoms in total. The Morgan fingerprint density at radius 3 is 2.19 bits per heavy atom. The maximum atomic E-state index is 13.3. The molecule has 7 heteroatoms. The Morgan fingerprint density at radius 2 is 1.58 bits per heavy atom. The van der Waals surface area contributed by atoms with E-state index < -0.39 is 17.7 Å². The molecule has 2 aromatic carbocycles. The van der Waals surface area contributed by atoms with Crippen molar-refractivity contribution in [1.29, 1.82) is 0 Å². The van der Waals surface area contributed by atoms with Gasteiger partial charge in [0.2, 0.25) is 0 Å². The summed E-state index contributed by atoms with van der Waals surface area (Å²) in [5, 5.41) is 11.3. The molecule has 0 aromatic heterocycles. The number of benzene rings is 2. The topological polar surface area (TPSA) is 79.3 Å². The third-order valence-electron chi connectivity index (χ3n) is 6.52. The van der Waals surface area contributed by atoms with E-state index in [9.17, 15) is 14.7 Å². The summed E-state index contributed by atoms with van der Waals surface area (Å²) in [5.74, 6) is -0.301. The molecule has 2 aromatic rings. The highest BCUT2D eigenvalue weighted by molar-refractivity contribution is 6.46. The number of hydrogen-bond acceptors (Lipinski definition) is 6. The average molecular weight is 495 g/mol. The molecule has 0 radical (unpaired) electrons. The summed E-state index contributed by atoms with van der Waals surface area (Å²) < 4.78 is 11.5. The van der Waals surface area contributed by atoms with E-state index in [1.165, 1.54) is 0 Å². The number of hydrogen-bond donors (Lipinski definition) is 1. The third-order valence-corrected chi connectivity index (χ3v) is 6.52. The van der Waals surface area contributed by atoms with Gasteiger partial charge in [-0.25, -0.2) is 0 Å². The van der Waals surface area contributed by atoms with E-state index >= 15 is 0 Å². The normalized spacial score (nSPS) is 17.2. The lowest BCUT2D eigenvalue weighted by atomic mass is 9.94. The fourth-order valence-corrected chi connectivity index (χ4v) is 4.57. The molecule has 1 aliphatic rings. The molecule has 1 amide bonds. The average Bonchev–Trinajstić information content (AvgIpc) is 3.13. The maximum absolute atomic E-state index is 13.3. The molecule has 0 spiro atoms. The first-order valence-electron chi connectivity index (χ1n) is 12.8. The van der Waals surface area contributed by atoms with Crippen LogP contribution in [-0.2, 0) is 9.59 Å². The molecule has 1 aliphatic heterocycles. The Bertz CT molecular complexity index is 1090. The van der Waals surface area contributed by atoms with E-state index in [1.54, 1.807) is 23.1 Å². The number of carbonyl (C=O) groups excluding carboxylic acids is 2. The van der Waals surface area contributed by atoms with Crippen molar-refractivity contribution in [2.24, 2.45) is 0 Å². The summed E-state index contributed by atoms with van der Waals surface area (Å²) in [4.78, 5) is 30.4. The van der Waals surface area contributed by atoms with E-state index in [-0.39, 0.29) is 11.3 Å². The smallest absolute Gasteiger partial charge is 0.295 e. The molecule has 36 heavy (non-hydrogen) atoms. The number of ketones is 1. The molecular formula is C29H38N2O5. The zero-order valence-electron chi connectivity index (χ0n) is 22.0. The molecule has 1 N–H and O–H groups in total. The molecule has 3 rings (SSSR count). The van der Waals surface area contributed by atoms with Gasteiger partial charge < -0.3 is 24.4 Å². The summed E-state index contributed by atoms with van der Waals surface area (Å²) in [6, 6.07) is 12.0. The second-order valence-corrected chi connectivity index (χ2v) is 8.81.